The molecule has 62 valence electrons. The second-order valence-electron chi connectivity index (χ2n) is 3.80. The number of rotatable bonds is 1. The van der Waals surface area contributed by atoms with E-state index in [4.69, 9.17) is 0 Å². The van der Waals surface area contributed by atoms with E-state index in [0.717, 1.165) is 12.5 Å². The number of piperidine rings is 1. The molecule has 0 unspecified atom stereocenters. The van der Waals surface area contributed by atoms with Crippen LogP contribution in [0.3, 0.4) is 0 Å². The first-order valence-electron chi connectivity index (χ1n) is 4.85. The summed E-state index contributed by atoms with van der Waals surface area (Å²) in [6, 6.07) is 0. The molecule has 0 bridgehead atoms. The van der Waals surface area contributed by atoms with Crippen molar-refractivity contribution in [2.75, 3.05) is 13.1 Å². The average Bonchev–Trinajstić information content (AvgIpc) is 1.99. The van der Waals surface area contributed by atoms with Gasteiger partial charge in [0.1, 0.15) is 0 Å². The van der Waals surface area contributed by atoms with Crippen LogP contribution in [0.1, 0.15) is 32.1 Å². The maximum atomic E-state index is 3.42. The standard InChI is InChI=1S/C10H17N/c1-3-9(4-1)7-10-5-2-6-11-8-10/h7,9,11H,1-6,8H2. The molecule has 0 amide bonds. The fraction of sp³-hybridized carbons (Fsp3) is 0.800. The summed E-state index contributed by atoms with van der Waals surface area (Å²) in [7, 11) is 0. The maximum absolute atomic E-state index is 3.42. The lowest BCUT2D eigenvalue weighted by molar-refractivity contribution is 0.383. The lowest BCUT2D eigenvalue weighted by Crippen LogP contribution is -2.24. The van der Waals surface area contributed by atoms with Crippen molar-refractivity contribution in [2.24, 2.45) is 5.92 Å². The lowest BCUT2D eigenvalue weighted by Gasteiger charge is -2.25. The van der Waals surface area contributed by atoms with Gasteiger partial charge in [-0.15, -0.1) is 0 Å². The highest BCUT2D eigenvalue weighted by Gasteiger charge is 2.16. The highest BCUT2D eigenvalue weighted by Crippen LogP contribution is 2.29. The molecule has 1 saturated heterocycles. The van der Waals surface area contributed by atoms with E-state index in [-0.39, 0.29) is 0 Å². The van der Waals surface area contributed by atoms with Crippen LogP contribution in [0.4, 0.5) is 0 Å². The third kappa shape index (κ3) is 1.84. The Morgan fingerprint density at radius 2 is 2.18 bits per heavy atom. The van der Waals surface area contributed by atoms with E-state index in [1.54, 1.807) is 5.57 Å². The molecule has 1 heteroatoms. The van der Waals surface area contributed by atoms with Gasteiger partial charge in [0.15, 0.2) is 0 Å². The summed E-state index contributed by atoms with van der Waals surface area (Å²) in [6.07, 6.45) is 9.58. The first-order chi connectivity index (χ1) is 5.45. The van der Waals surface area contributed by atoms with Crippen LogP contribution in [-0.2, 0) is 0 Å². The number of hydrogen-bond donors (Lipinski definition) is 1. The van der Waals surface area contributed by atoms with E-state index >= 15 is 0 Å². The third-order valence-electron chi connectivity index (χ3n) is 2.82. The number of nitrogens with one attached hydrogen (secondary N) is 1. The number of allylic oxidation sites excluding steroid dienone is 1. The first-order valence-corrected chi connectivity index (χ1v) is 4.85. The van der Waals surface area contributed by atoms with E-state index in [9.17, 15) is 0 Å². The van der Waals surface area contributed by atoms with Crippen molar-refractivity contribution in [3.63, 3.8) is 0 Å². The Morgan fingerprint density at radius 1 is 1.27 bits per heavy atom. The summed E-state index contributed by atoms with van der Waals surface area (Å²) in [5, 5.41) is 3.42. The Morgan fingerprint density at radius 3 is 2.73 bits per heavy atom. The predicted molar refractivity (Wildman–Crippen MR) is 47.5 cm³/mol. The minimum Gasteiger partial charge on any atom is -0.313 e. The van der Waals surface area contributed by atoms with Crippen LogP contribution in [0.25, 0.3) is 0 Å². The van der Waals surface area contributed by atoms with Crippen molar-refractivity contribution in [3.05, 3.63) is 11.6 Å². The van der Waals surface area contributed by atoms with Crippen molar-refractivity contribution in [2.45, 2.75) is 32.1 Å². The van der Waals surface area contributed by atoms with E-state index < -0.39 is 0 Å². The second kappa shape index (κ2) is 3.40. The molecular weight excluding hydrogens is 134 g/mol. The van der Waals surface area contributed by atoms with Crippen LogP contribution in [0.15, 0.2) is 11.6 Å². The van der Waals surface area contributed by atoms with Crippen molar-refractivity contribution in [1.82, 2.24) is 5.32 Å². The molecule has 2 fully saturated rings. The SMILES string of the molecule is C(=C1CCCNC1)C1CCC1. The Kier molecular flexibility index (Phi) is 2.27. The summed E-state index contributed by atoms with van der Waals surface area (Å²) in [6.45, 7) is 2.39. The van der Waals surface area contributed by atoms with Gasteiger partial charge in [-0.2, -0.15) is 0 Å². The third-order valence-corrected chi connectivity index (χ3v) is 2.82. The summed E-state index contributed by atoms with van der Waals surface area (Å²) < 4.78 is 0. The molecule has 0 atom stereocenters. The fourth-order valence-electron chi connectivity index (χ4n) is 1.86. The quantitative estimate of drug-likeness (QED) is 0.566. The molecule has 0 aromatic carbocycles. The Hall–Kier alpha value is -0.300. The molecule has 0 radical (unpaired) electrons. The molecule has 0 aromatic rings. The monoisotopic (exact) mass is 151 g/mol. The molecule has 2 aliphatic rings. The van der Waals surface area contributed by atoms with Gasteiger partial charge in [0.2, 0.25) is 0 Å². The van der Waals surface area contributed by atoms with Gasteiger partial charge in [0.25, 0.3) is 0 Å². The van der Waals surface area contributed by atoms with Crippen LogP contribution in [0, 0.1) is 5.92 Å². The van der Waals surface area contributed by atoms with Crippen LogP contribution < -0.4 is 5.32 Å². The molecule has 1 aliphatic carbocycles. The minimum absolute atomic E-state index is 0.949. The Bertz CT molecular complexity index is 148. The van der Waals surface area contributed by atoms with Crippen molar-refractivity contribution in [3.8, 4) is 0 Å². The van der Waals surface area contributed by atoms with Gasteiger partial charge < -0.3 is 5.32 Å². The Labute approximate surface area is 68.9 Å². The molecular formula is C10H17N. The molecule has 1 saturated carbocycles. The van der Waals surface area contributed by atoms with E-state index in [1.807, 2.05) is 0 Å². The summed E-state index contributed by atoms with van der Waals surface area (Å²) in [5.74, 6) is 0.949. The first kappa shape index (κ1) is 7.35. The molecule has 1 nitrogen and oxygen atoms in total. The van der Waals surface area contributed by atoms with Crippen molar-refractivity contribution < 1.29 is 0 Å². The zero-order valence-electron chi connectivity index (χ0n) is 7.10. The summed E-state index contributed by atoms with van der Waals surface area (Å²) in [4.78, 5) is 0. The van der Waals surface area contributed by atoms with Gasteiger partial charge in [-0.1, -0.05) is 18.1 Å². The van der Waals surface area contributed by atoms with Gasteiger partial charge >= 0.3 is 0 Å². The maximum Gasteiger partial charge on any atom is 0.0164 e. The van der Waals surface area contributed by atoms with Gasteiger partial charge in [-0.3, -0.25) is 0 Å². The number of hydrogen-bond acceptors (Lipinski definition) is 1. The van der Waals surface area contributed by atoms with E-state index in [2.05, 4.69) is 11.4 Å². The largest absolute Gasteiger partial charge is 0.313 e. The van der Waals surface area contributed by atoms with Crippen LogP contribution in [0.2, 0.25) is 0 Å². The molecule has 0 aromatic heterocycles. The van der Waals surface area contributed by atoms with Gasteiger partial charge in [0.05, 0.1) is 0 Å². The summed E-state index contributed by atoms with van der Waals surface area (Å²) in [5.41, 5.74) is 1.67. The normalized spacial score (nSPS) is 30.4. The van der Waals surface area contributed by atoms with Crippen LogP contribution in [0.5, 0.6) is 0 Å². The molecule has 2 rings (SSSR count). The summed E-state index contributed by atoms with van der Waals surface area (Å²) >= 11 is 0. The zero-order valence-corrected chi connectivity index (χ0v) is 7.10. The highest BCUT2D eigenvalue weighted by molar-refractivity contribution is 5.09. The topological polar surface area (TPSA) is 12.0 Å². The van der Waals surface area contributed by atoms with Crippen molar-refractivity contribution >= 4 is 0 Å². The molecule has 0 spiro atoms. The molecule has 11 heavy (non-hydrogen) atoms. The lowest BCUT2D eigenvalue weighted by atomic mass is 9.83. The van der Waals surface area contributed by atoms with Crippen LogP contribution >= 0.6 is 0 Å². The van der Waals surface area contributed by atoms with Crippen LogP contribution in [-0.4, -0.2) is 13.1 Å². The van der Waals surface area contributed by atoms with Gasteiger partial charge in [0, 0.05) is 6.54 Å². The molecule has 1 aliphatic heterocycles. The van der Waals surface area contributed by atoms with Crippen molar-refractivity contribution in [1.29, 1.82) is 0 Å². The molecule has 1 heterocycles. The van der Waals surface area contributed by atoms with E-state index in [1.165, 1.54) is 38.6 Å². The predicted octanol–water partition coefficient (Wildman–Crippen LogP) is 2.10. The zero-order chi connectivity index (χ0) is 7.52. The van der Waals surface area contributed by atoms with E-state index in [0.29, 0.717) is 0 Å². The minimum atomic E-state index is 0.949. The smallest absolute Gasteiger partial charge is 0.0164 e. The molecule has 1 N–H and O–H groups in total. The Balaban J connectivity index is 1.85. The fourth-order valence-corrected chi connectivity index (χ4v) is 1.86. The van der Waals surface area contributed by atoms with Gasteiger partial charge in [-0.05, 0) is 38.1 Å². The second-order valence-corrected chi connectivity index (χ2v) is 3.80. The highest BCUT2D eigenvalue weighted by atomic mass is 14.9. The van der Waals surface area contributed by atoms with Gasteiger partial charge in [-0.25, -0.2) is 0 Å². The average molecular weight is 151 g/mol.